The molecule has 0 spiro atoms. The average molecular weight is 499 g/mol. The summed E-state index contributed by atoms with van der Waals surface area (Å²) in [5.41, 5.74) is 1.47. The topological polar surface area (TPSA) is 79.1 Å². The highest BCUT2D eigenvalue weighted by Crippen LogP contribution is 2.33. The van der Waals surface area contributed by atoms with E-state index < -0.39 is 12.0 Å². The van der Waals surface area contributed by atoms with Gasteiger partial charge in [0.25, 0.3) is 5.56 Å². The lowest BCUT2D eigenvalue weighted by atomic mass is 10.0. The minimum absolute atomic E-state index is 0.200. The second kappa shape index (κ2) is 9.99. The van der Waals surface area contributed by atoms with Crippen LogP contribution in [0.25, 0.3) is 6.08 Å². The maximum atomic E-state index is 13.6. The number of carbonyl (C=O) groups excluding carboxylic acids is 1. The molecule has 0 amide bonds. The van der Waals surface area contributed by atoms with E-state index in [9.17, 15) is 9.59 Å². The van der Waals surface area contributed by atoms with Crippen molar-refractivity contribution in [1.82, 2.24) is 4.57 Å². The van der Waals surface area contributed by atoms with Crippen molar-refractivity contribution in [1.29, 1.82) is 0 Å². The van der Waals surface area contributed by atoms with Gasteiger partial charge < -0.3 is 14.2 Å². The van der Waals surface area contributed by atoms with Gasteiger partial charge in [0.05, 0.1) is 36.6 Å². The number of ether oxygens (including phenoxy) is 3. The predicted molar refractivity (Wildman–Crippen MR) is 133 cm³/mol. The van der Waals surface area contributed by atoms with Crippen molar-refractivity contribution in [2.75, 3.05) is 20.8 Å². The number of benzene rings is 1. The molecule has 0 radical (unpaired) electrons. The lowest BCUT2D eigenvalue weighted by molar-refractivity contribution is -0.140. The molecular formula is C25H26N2O5S2. The van der Waals surface area contributed by atoms with Crippen LogP contribution in [0.4, 0.5) is 0 Å². The Morgan fingerprint density at radius 2 is 2.03 bits per heavy atom. The number of thiazole rings is 1. The smallest absolute Gasteiger partial charge is 0.338 e. The summed E-state index contributed by atoms with van der Waals surface area (Å²) in [7, 11) is 3.16. The number of fused-ring (bicyclic) bond motifs is 1. The average Bonchev–Trinajstić information content (AvgIpc) is 3.45. The van der Waals surface area contributed by atoms with Crippen molar-refractivity contribution < 1.29 is 19.0 Å². The lowest BCUT2D eigenvalue weighted by Crippen LogP contribution is -2.39. The molecule has 0 saturated carbocycles. The summed E-state index contributed by atoms with van der Waals surface area (Å²) in [5.74, 6) is 1.01. The number of hydrogen-bond donors (Lipinski definition) is 0. The fourth-order valence-corrected chi connectivity index (χ4v) is 5.56. The number of hydrogen-bond acceptors (Lipinski definition) is 8. The molecule has 4 rings (SSSR count). The maximum absolute atomic E-state index is 13.6. The number of allylic oxidation sites excluding steroid dienone is 1. The van der Waals surface area contributed by atoms with Gasteiger partial charge in [-0.05, 0) is 42.5 Å². The van der Waals surface area contributed by atoms with E-state index in [4.69, 9.17) is 14.2 Å². The number of methoxy groups -OCH3 is 2. The van der Waals surface area contributed by atoms with Gasteiger partial charge in [0.2, 0.25) is 0 Å². The number of aromatic nitrogens is 1. The first-order valence-electron chi connectivity index (χ1n) is 10.8. The quantitative estimate of drug-likeness (QED) is 0.466. The summed E-state index contributed by atoms with van der Waals surface area (Å²) in [4.78, 5) is 32.8. The third kappa shape index (κ3) is 4.58. The van der Waals surface area contributed by atoms with Crippen molar-refractivity contribution in [2.24, 2.45) is 10.9 Å². The Balaban J connectivity index is 1.87. The van der Waals surface area contributed by atoms with E-state index in [1.54, 1.807) is 37.9 Å². The Morgan fingerprint density at radius 1 is 1.24 bits per heavy atom. The maximum Gasteiger partial charge on any atom is 0.338 e. The Labute approximate surface area is 205 Å². The number of esters is 1. The van der Waals surface area contributed by atoms with Crippen LogP contribution < -0.4 is 24.4 Å². The van der Waals surface area contributed by atoms with Crippen LogP contribution in [0.5, 0.6) is 11.5 Å². The second-order valence-corrected chi connectivity index (χ2v) is 10.2. The van der Waals surface area contributed by atoms with Crippen molar-refractivity contribution in [3.63, 3.8) is 0 Å². The van der Waals surface area contributed by atoms with Gasteiger partial charge in [-0.1, -0.05) is 31.3 Å². The highest BCUT2D eigenvalue weighted by atomic mass is 32.1. The monoisotopic (exact) mass is 498 g/mol. The van der Waals surface area contributed by atoms with E-state index in [1.807, 2.05) is 43.5 Å². The Kier molecular flexibility index (Phi) is 7.04. The summed E-state index contributed by atoms with van der Waals surface area (Å²) in [6.07, 6.45) is 1.78. The second-order valence-electron chi connectivity index (χ2n) is 8.20. The normalized spacial score (nSPS) is 15.8. The fourth-order valence-electron chi connectivity index (χ4n) is 3.70. The molecule has 0 N–H and O–H groups in total. The van der Waals surface area contributed by atoms with E-state index in [2.05, 4.69) is 4.99 Å². The van der Waals surface area contributed by atoms with Gasteiger partial charge in [0, 0.05) is 16.5 Å². The molecule has 178 valence electrons. The molecule has 7 nitrogen and oxygen atoms in total. The molecule has 3 aromatic rings. The van der Waals surface area contributed by atoms with Gasteiger partial charge >= 0.3 is 5.97 Å². The number of rotatable bonds is 7. The zero-order valence-electron chi connectivity index (χ0n) is 19.7. The minimum Gasteiger partial charge on any atom is -0.497 e. The molecule has 9 heteroatoms. The standard InChI is InChI=1S/C25H26N2O5S2/c1-14(2)13-32-24(29)21-15(3)26-25-27(22(21)19-7-6-10-33-19)23(28)20(34-25)11-16-8-9-17(30-4)12-18(16)31-5/h6-12,14,22H,13H2,1-5H3. The van der Waals surface area contributed by atoms with E-state index >= 15 is 0 Å². The fraction of sp³-hybridized carbons (Fsp3) is 0.320. The summed E-state index contributed by atoms with van der Waals surface area (Å²) in [6.45, 7) is 6.05. The van der Waals surface area contributed by atoms with Crippen molar-refractivity contribution in [2.45, 2.75) is 26.8 Å². The molecule has 1 unspecified atom stereocenters. The van der Waals surface area contributed by atoms with Crippen molar-refractivity contribution >= 4 is 34.7 Å². The first-order chi connectivity index (χ1) is 16.3. The molecule has 1 aliphatic rings. The molecule has 34 heavy (non-hydrogen) atoms. The van der Waals surface area contributed by atoms with Crippen LogP contribution in [-0.4, -0.2) is 31.4 Å². The minimum atomic E-state index is -0.587. The Morgan fingerprint density at radius 3 is 2.68 bits per heavy atom. The molecule has 1 aromatic carbocycles. The number of carbonyl (C=O) groups is 1. The molecule has 0 aliphatic carbocycles. The molecule has 1 atom stereocenters. The van der Waals surface area contributed by atoms with Crippen LogP contribution in [0.3, 0.4) is 0 Å². The molecule has 0 fully saturated rings. The Bertz CT molecular complexity index is 1410. The van der Waals surface area contributed by atoms with Gasteiger partial charge in [-0.15, -0.1) is 11.3 Å². The molecule has 3 heterocycles. The van der Waals surface area contributed by atoms with Gasteiger partial charge in [0.1, 0.15) is 17.5 Å². The zero-order chi connectivity index (χ0) is 24.4. The van der Waals surface area contributed by atoms with Crippen molar-refractivity contribution in [3.8, 4) is 11.5 Å². The molecule has 0 saturated heterocycles. The molecule has 1 aliphatic heterocycles. The first kappa shape index (κ1) is 24.0. The summed E-state index contributed by atoms with van der Waals surface area (Å²) in [6, 6.07) is 8.66. The van der Waals surface area contributed by atoms with Crippen LogP contribution in [0, 0.1) is 5.92 Å². The summed E-state index contributed by atoms with van der Waals surface area (Å²) >= 11 is 2.77. The Hall–Kier alpha value is -3.17. The van der Waals surface area contributed by atoms with Crippen LogP contribution in [0.1, 0.15) is 37.3 Å². The van der Waals surface area contributed by atoms with E-state index in [1.165, 1.54) is 22.7 Å². The third-order valence-corrected chi connectivity index (χ3v) is 7.24. The zero-order valence-corrected chi connectivity index (χ0v) is 21.3. The largest absolute Gasteiger partial charge is 0.497 e. The van der Waals surface area contributed by atoms with Crippen LogP contribution >= 0.6 is 22.7 Å². The van der Waals surface area contributed by atoms with Crippen molar-refractivity contribution in [3.05, 3.63) is 77.1 Å². The van der Waals surface area contributed by atoms with Crippen LogP contribution in [-0.2, 0) is 9.53 Å². The van der Waals surface area contributed by atoms with Crippen LogP contribution in [0.2, 0.25) is 0 Å². The first-order valence-corrected chi connectivity index (χ1v) is 12.5. The van der Waals surface area contributed by atoms with E-state index in [0.717, 1.165) is 10.4 Å². The van der Waals surface area contributed by atoms with Gasteiger partial charge in [0.15, 0.2) is 4.80 Å². The number of thiophene rings is 1. The highest BCUT2D eigenvalue weighted by Gasteiger charge is 2.34. The summed E-state index contributed by atoms with van der Waals surface area (Å²) < 4.78 is 18.4. The third-order valence-electron chi connectivity index (χ3n) is 5.33. The number of nitrogens with zero attached hydrogens (tertiary/aromatic N) is 2. The van der Waals surface area contributed by atoms with Gasteiger partial charge in [-0.25, -0.2) is 9.79 Å². The van der Waals surface area contributed by atoms with Gasteiger partial charge in [-0.2, -0.15) is 0 Å². The van der Waals surface area contributed by atoms with E-state index in [0.29, 0.717) is 38.7 Å². The van der Waals surface area contributed by atoms with Gasteiger partial charge in [-0.3, -0.25) is 9.36 Å². The lowest BCUT2D eigenvalue weighted by Gasteiger charge is -2.23. The highest BCUT2D eigenvalue weighted by molar-refractivity contribution is 7.10. The molecule has 2 aromatic heterocycles. The predicted octanol–water partition coefficient (Wildman–Crippen LogP) is 3.51. The molecule has 0 bridgehead atoms. The van der Waals surface area contributed by atoms with Crippen LogP contribution in [0.15, 0.2) is 56.8 Å². The summed E-state index contributed by atoms with van der Waals surface area (Å²) in [5, 5.41) is 1.93. The van der Waals surface area contributed by atoms with E-state index in [-0.39, 0.29) is 11.5 Å². The SMILES string of the molecule is COc1ccc(C=c2sc3n(c2=O)C(c2cccs2)C(C(=O)OCC(C)C)=C(C)N=3)c(OC)c1. The molecular weight excluding hydrogens is 472 g/mol.